The lowest BCUT2D eigenvalue weighted by molar-refractivity contribution is 0.536. The summed E-state index contributed by atoms with van der Waals surface area (Å²) in [5.74, 6) is 0.866. The molecule has 0 aliphatic carbocycles. The lowest BCUT2D eigenvalue weighted by Gasteiger charge is -2.04. The molecule has 0 N–H and O–H groups in total. The van der Waals surface area contributed by atoms with Crippen LogP contribution in [0.3, 0.4) is 0 Å². The van der Waals surface area contributed by atoms with Crippen molar-refractivity contribution in [3.8, 4) is 0 Å². The first-order chi connectivity index (χ1) is 5.16. The van der Waals surface area contributed by atoms with E-state index in [1.807, 2.05) is 0 Å². The Morgan fingerprint density at radius 1 is 1.27 bits per heavy atom. The number of hydrogen-bond donors (Lipinski definition) is 0. The van der Waals surface area contributed by atoms with Crippen molar-refractivity contribution in [2.24, 2.45) is 5.92 Å². The Morgan fingerprint density at radius 2 is 1.91 bits per heavy atom. The Labute approximate surface area is 71.7 Å². The van der Waals surface area contributed by atoms with Gasteiger partial charge < -0.3 is 0 Å². The van der Waals surface area contributed by atoms with E-state index in [0.717, 1.165) is 12.3 Å². The predicted molar refractivity (Wildman–Crippen MR) is 52.7 cm³/mol. The third kappa shape index (κ3) is 7.64. The average Bonchev–Trinajstić information content (AvgIpc) is 1.97. The molecule has 0 spiro atoms. The van der Waals surface area contributed by atoms with Gasteiger partial charge in [-0.05, 0) is 25.2 Å². The lowest BCUT2D eigenvalue weighted by atomic mass is 10.0. The summed E-state index contributed by atoms with van der Waals surface area (Å²) in [5, 5.41) is 0. The normalized spacial score (nSPS) is 10.5. The molecule has 0 aromatic carbocycles. The maximum Gasteiger partial charge on any atom is -0.0323 e. The standard InChI is InChI=1S/C11H22/c1-5-11(4)9-7-6-8-10(2)3/h10H,4-9H2,1-3H3. The maximum atomic E-state index is 3.99. The largest absolute Gasteiger partial charge is 0.0999 e. The molecule has 0 heterocycles. The number of hydrogen-bond acceptors (Lipinski definition) is 0. The van der Waals surface area contributed by atoms with Gasteiger partial charge in [0.05, 0.1) is 0 Å². The molecule has 0 fully saturated rings. The molecular weight excluding hydrogens is 132 g/mol. The van der Waals surface area contributed by atoms with Crippen LogP contribution in [0.4, 0.5) is 0 Å². The first-order valence-electron chi connectivity index (χ1n) is 4.83. The van der Waals surface area contributed by atoms with Crippen molar-refractivity contribution < 1.29 is 0 Å². The molecule has 0 rings (SSSR count). The van der Waals surface area contributed by atoms with Crippen LogP contribution in [0.1, 0.15) is 52.9 Å². The summed E-state index contributed by atoms with van der Waals surface area (Å²) < 4.78 is 0. The second-order valence-electron chi connectivity index (χ2n) is 3.74. The zero-order valence-electron chi connectivity index (χ0n) is 8.32. The van der Waals surface area contributed by atoms with Gasteiger partial charge in [-0.25, -0.2) is 0 Å². The molecule has 0 saturated heterocycles. The van der Waals surface area contributed by atoms with Gasteiger partial charge >= 0.3 is 0 Å². The van der Waals surface area contributed by atoms with Crippen LogP contribution in [-0.2, 0) is 0 Å². The van der Waals surface area contributed by atoms with Crippen LogP contribution in [0.5, 0.6) is 0 Å². The third-order valence-electron chi connectivity index (χ3n) is 2.06. The second-order valence-corrected chi connectivity index (χ2v) is 3.74. The molecule has 0 amide bonds. The summed E-state index contributed by atoms with van der Waals surface area (Å²) in [4.78, 5) is 0. The van der Waals surface area contributed by atoms with Gasteiger partial charge in [0.2, 0.25) is 0 Å². The molecule has 0 heteroatoms. The van der Waals surface area contributed by atoms with E-state index in [1.54, 1.807) is 0 Å². The molecule has 0 aromatic heterocycles. The highest BCUT2D eigenvalue weighted by Gasteiger charge is 1.94. The fourth-order valence-electron chi connectivity index (χ4n) is 1.10. The van der Waals surface area contributed by atoms with E-state index in [4.69, 9.17) is 0 Å². The van der Waals surface area contributed by atoms with Crippen LogP contribution in [-0.4, -0.2) is 0 Å². The van der Waals surface area contributed by atoms with E-state index >= 15 is 0 Å². The van der Waals surface area contributed by atoms with Gasteiger partial charge in [-0.1, -0.05) is 45.8 Å². The highest BCUT2D eigenvalue weighted by Crippen LogP contribution is 2.12. The van der Waals surface area contributed by atoms with Gasteiger partial charge in [-0.2, -0.15) is 0 Å². The Balaban J connectivity index is 3.08. The molecule has 0 aromatic rings. The Morgan fingerprint density at radius 3 is 2.36 bits per heavy atom. The maximum absolute atomic E-state index is 3.99. The fourth-order valence-corrected chi connectivity index (χ4v) is 1.10. The van der Waals surface area contributed by atoms with E-state index in [9.17, 15) is 0 Å². The molecule has 0 unspecified atom stereocenters. The molecule has 0 radical (unpaired) electrons. The van der Waals surface area contributed by atoms with Gasteiger partial charge in [-0.15, -0.1) is 0 Å². The number of rotatable bonds is 6. The van der Waals surface area contributed by atoms with Crippen LogP contribution >= 0.6 is 0 Å². The third-order valence-corrected chi connectivity index (χ3v) is 2.06. The molecule has 0 saturated carbocycles. The Hall–Kier alpha value is -0.260. The van der Waals surface area contributed by atoms with Crippen LogP contribution in [0.25, 0.3) is 0 Å². The fraction of sp³-hybridized carbons (Fsp3) is 0.818. The zero-order valence-corrected chi connectivity index (χ0v) is 8.32. The highest BCUT2D eigenvalue weighted by molar-refractivity contribution is 4.91. The van der Waals surface area contributed by atoms with Crippen molar-refractivity contribution in [3.05, 3.63) is 12.2 Å². The van der Waals surface area contributed by atoms with Gasteiger partial charge in [-0.3, -0.25) is 0 Å². The van der Waals surface area contributed by atoms with E-state index in [1.165, 1.54) is 31.3 Å². The lowest BCUT2D eigenvalue weighted by Crippen LogP contribution is -1.87. The van der Waals surface area contributed by atoms with Crippen molar-refractivity contribution in [3.63, 3.8) is 0 Å². The minimum Gasteiger partial charge on any atom is -0.0999 e. The summed E-state index contributed by atoms with van der Waals surface area (Å²) in [5.41, 5.74) is 1.41. The monoisotopic (exact) mass is 154 g/mol. The van der Waals surface area contributed by atoms with Crippen LogP contribution in [0, 0.1) is 5.92 Å². The van der Waals surface area contributed by atoms with Crippen molar-refractivity contribution in [2.45, 2.75) is 52.9 Å². The first-order valence-corrected chi connectivity index (χ1v) is 4.83. The van der Waals surface area contributed by atoms with Crippen molar-refractivity contribution in [1.82, 2.24) is 0 Å². The summed E-state index contributed by atoms with van der Waals surface area (Å²) in [6.45, 7) is 10.7. The summed E-state index contributed by atoms with van der Waals surface area (Å²) in [6.07, 6.45) is 6.48. The summed E-state index contributed by atoms with van der Waals surface area (Å²) in [6, 6.07) is 0. The molecule has 0 atom stereocenters. The minimum absolute atomic E-state index is 0.866. The molecule has 0 nitrogen and oxygen atoms in total. The quantitative estimate of drug-likeness (QED) is 0.398. The first kappa shape index (κ1) is 10.7. The smallest absolute Gasteiger partial charge is 0.0323 e. The summed E-state index contributed by atoms with van der Waals surface area (Å²) in [7, 11) is 0. The molecule has 0 bridgehead atoms. The SMILES string of the molecule is C=C(CC)CCCCC(C)C. The van der Waals surface area contributed by atoms with E-state index in [-0.39, 0.29) is 0 Å². The molecule has 66 valence electrons. The van der Waals surface area contributed by atoms with Crippen LogP contribution in [0.2, 0.25) is 0 Å². The van der Waals surface area contributed by atoms with Gasteiger partial charge in [0.25, 0.3) is 0 Å². The molecular formula is C11H22. The van der Waals surface area contributed by atoms with Crippen LogP contribution in [0.15, 0.2) is 12.2 Å². The number of unbranched alkanes of at least 4 members (excludes halogenated alkanes) is 1. The topological polar surface area (TPSA) is 0 Å². The van der Waals surface area contributed by atoms with Crippen LogP contribution < -0.4 is 0 Å². The minimum atomic E-state index is 0.866. The van der Waals surface area contributed by atoms with Gasteiger partial charge in [0.1, 0.15) is 0 Å². The highest BCUT2D eigenvalue weighted by atomic mass is 14.0. The predicted octanol–water partition coefficient (Wildman–Crippen LogP) is 4.17. The van der Waals surface area contributed by atoms with Crippen molar-refractivity contribution in [2.75, 3.05) is 0 Å². The Kier molecular flexibility index (Phi) is 6.30. The van der Waals surface area contributed by atoms with Gasteiger partial charge in [0.15, 0.2) is 0 Å². The number of allylic oxidation sites excluding steroid dienone is 1. The zero-order chi connectivity index (χ0) is 8.69. The van der Waals surface area contributed by atoms with E-state index in [2.05, 4.69) is 27.4 Å². The van der Waals surface area contributed by atoms with Crippen molar-refractivity contribution in [1.29, 1.82) is 0 Å². The average molecular weight is 154 g/mol. The molecule has 0 aliphatic heterocycles. The summed E-state index contributed by atoms with van der Waals surface area (Å²) >= 11 is 0. The van der Waals surface area contributed by atoms with E-state index in [0.29, 0.717) is 0 Å². The molecule has 0 aliphatic rings. The van der Waals surface area contributed by atoms with Gasteiger partial charge in [0, 0.05) is 0 Å². The van der Waals surface area contributed by atoms with Crippen molar-refractivity contribution >= 4 is 0 Å². The second kappa shape index (κ2) is 6.45. The molecule has 11 heavy (non-hydrogen) atoms. The Bertz CT molecular complexity index is 101. The van der Waals surface area contributed by atoms with E-state index < -0.39 is 0 Å².